The largest absolute Gasteiger partial charge is 0.483 e. The Morgan fingerprint density at radius 2 is 1.95 bits per heavy atom. The minimum absolute atomic E-state index is 0.214. The van der Waals surface area contributed by atoms with Crippen molar-refractivity contribution >= 4 is 22.7 Å². The highest BCUT2D eigenvalue weighted by Crippen LogP contribution is 2.28. The average molecular weight is 274 g/mol. The van der Waals surface area contributed by atoms with E-state index in [1.807, 2.05) is 35.6 Å². The fraction of sp³-hybridized carbons (Fsp3) is 0.143. The minimum atomic E-state index is -0.931. The number of ether oxygens (including phenoxy) is 1. The third kappa shape index (κ3) is 3.04. The molecule has 20 heavy (non-hydrogen) atoms. The van der Waals surface area contributed by atoms with Crippen LogP contribution in [0, 0.1) is 0 Å². The molecule has 0 aliphatic heterocycles. The van der Waals surface area contributed by atoms with E-state index in [0.717, 1.165) is 10.8 Å². The second-order valence-corrected chi connectivity index (χ2v) is 4.12. The summed E-state index contributed by atoms with van der Waals surface area (Å²) in [5.74, 6) is -0.250. The molecule has 6 heteroatoms. The molecule has 6 nitrogen and oxygen atoms in total. The van der Waals surface area contributed by atoms with Gasteiger partial charge in [-0.05, 0) is 16.8 Å². The fourth-order valence-corrected chi connectivity index (χ4v) is 1.93. The minimum Gasteiger partial charge on any atom is -0.483 e. The molecule has 104 valence electrons. The molecule has 2 aromatic carbocycles. The first-order valence-electron chi connectivity index (χ1n) is 5.95. The third-order valence-corrected chi connectivity index (χ3v) is 2.78. The van der Waals surface area contributed by atoms with Crippen LogP contribution < -0.4 is 15.8 Å². The molecule has 0 saturated heterocycles. The van der Waals surface area contributed by atoms with Gasteiger partial charge in [0, 0.05) is 5.56 Å². The number of carbonyl (C=O) groups is 2. The van der Waals surface area contributed by atoms with Crippen LogP contribution in [0.4, 0.5) is 4.79 Å². The highest BCUT2D eigenvalue weighted by molar-refractivity contribution is 5.94. The summed E-state index contributed by atoms with van der Waals surface area (Å²) in [6.07, 6.45) is 0. The number of carbonyl (C=O) groups excluding carboxylic acids is 2. The first-order chi connectivity index (χ1) is 9.61. The standard InChI is InChI=1S/C14H14N2O4/c15-14(19)16-13(18)8-20-12-6-5-9-3-1-2-4-10(9)11(12)7-17/h1-6,17H,7-8H2,(H3,15,16,18,19). The maximum atomic E-state index is 11.3. The summed E-state index contributed by atoms with van der Waals surface area (Å²) in [7, 11) is 0. The Labute approximate surface area is 115 Å². The number of nitrogens with two attached hydrogens (primary N) is 1. The van der Waals surface area contributed by atoms with Crippen LogP contribution in [0.3, 0.4) is 0 Å². The lowest BCUT2D eigenvalue weighted by atomic mass is 10.0. The van der Waals surface area contributed by atoms with Crippen molar-refractivity contribution in [1.82, 2.24) is 5.32 Å². The lowest BCUT2D eigenvalue weighted by Crippen LogP contribution is -2.38. The van der Waals surface area contributed by atoms with Crippen LogP contribution in [0.5, 0.6) is 5.75 Å². The van der Waals surface area contributed by atoms with Crippen molar-refractivity contribution in [2.75, 3.05) is 6.61 Å². The Morgan fingerprint density at radius 3 is 2.65 bits per heavy atom. The van der Waals surface area contributed by atoms with E-state index in [2.05, 4.69) is 0 Å². The van der Waals surface area contributed by atoms with E-state index < -0.39 is 11.9 Å². The number of hydrogen-bond acceptors (Lipinski definition) is 4. The monoisotopic (exact) mass is 274 g/mol. The Kier molecular flexibility index (Phi) is 4.17. The molecule has 0 atom stereocenters. The van der Waals surface area contributed by atoms with E-state index in [1.54, 1.807) is 6.07 Å². The van der Waals surface area contributed by atoms with Gasteiger partial charge in [0.2, 0.25) is 0 Å². The molecule has 2 aromatic rings. The summed E-state index contributed by atoms with van der Waals surface area (Å²) >= 11 is 0. The number of aliphatic hydroxyl groups excluding tert-OH is 1. The van der Waals surface area contributed by atoms with E-state index in [0.29, 0.717) is 11.3 Å². The number of rotatable bonds is 4. The number of fused-ring (bicyclic) bond motifs is 1. The Hall–Kier alpha value is -2.60. The summed E-state index contributed by atoms with van der Waals surface area (Å²) in [6, 6.07) is 10.1. The SMILES string of the molecule is NC(=O)NC(=O)COc1ccc2ccccc2c1CO. The molecule has 2 rings (SSSR count). The number of nitrogens with one attached hydrogen (secondary N) is 1. The molecule has 0 spiro atoms. The van der Waals surface area contributed by atoms with Crippen molar-refractivity contribution in [2.45, 2.75) is 6.61 Å². The highest BCUT2D eigenvalue weighted by atomic mass is 16.5. The van der Waals surface area contributed by atoms with E-state index in [-0.39, 0.29) is 13.2 Å². The number of amides is 3. The van der Waals surface area contributed by atoms with E-state index >= 15 is 0 Å². The van der Waals surface area contributed by atoms with Crippen LogP contribution in [0.25, 0.3) is 10.8 Å². The number of imide groups is 1. The average Bonchev–Trinajstić information content (AvgIpc) is 2.43. The highest BCUT2D eigenvalue weighted by Gasteiger charge is 2.10. The van der Waals surface area contributed by atoms with Crippen LogP contribution in [0.15, 0.2) is 36.4 Å². The van der Waals surface area contributed by atoms with Gasteiger partial charge in [-0.1, -0.05) is 30.3 Å². The number of aliphatic hydroxyl groups is 1. The third-order valence-electron chi connectivity index (χ3n) is 2.78. The van der Waals surface area contributed by atoms with Crippen molar-refractivity contribution in [3.8, 4) is 5.75 Å². The van der Waals surface area contributed by atoms with Crippen LogP contribution >= 0.6 is 0 Å². The lowest BCUT2D eigenvalue weighted by Gasteiger charge is -2.12. The second kappa shape index (κ2) is 6.03. The van der Waals surface area contributed by atoms with Crippen LogP contribution in [-0.4, -0.2) is 23.7 Å². The molecule has 0 heterocycles. The van der Waals surface area contributed by atoms with Crippen molar-refractivity contribution in [3.05, 3.63) is 42.0 Å². The quantitative estimate of drug-likeness (QED) is 0.771. The van der Waals surface area contributed by atoms with Gasteiger partial charge in [-0.2, -0.15) is 0 Å². The van der Waals surface area contributed by atoms with Gasteiger partial charge in [0.1, 0.15) is 5.75 Å². The second-order valence-electron chi connectivity index (χ2n) is 4.12. The molecule has 0 aromatic heterocycles. The first-order valence-corrected chi connectivity index (χ1v) is 5.95. The topological polar surface area (TPSA) is 102 Å². The van der Waals surface area contributed by atoms with Gasteiger partial charge in [-0.15, -0.1) is 0 Å². The molecule has 0 unspecified atom stereocenters. The van der Waals surface area contributed by atoms with Gasteiger partial charge in [0.15, 0.2) is 6.61 Å². The molecule has 0 bridgehead atoms. The van der Waals surface area contributed by atoms with Crippen molar-refractivity contribution < 1.29 is 19.4 Å². The van der Waals surface area contributed by atoms with Crippen molar-refractivity contribution in [1.29, 1.82) is 0 Å². The molecule has 0 aliphatic rings. The molecule has 3 amide bonds. The summed E-state index contributed by atoms with van der Waals surface area (Å²) < 4.78 is 5.32. The Balaban J connectivity index is 2.22. The van der Waals surface area contributed by atoms with Crippen LogP contribution in [0.2, 0.25) is 0 Å². The zero-order valence-corrected chi connectivity index (χ0v) is 10.6. The van der Waals surface area contributed by atoms with Gasteiger partial charge in [0.05, 0.1) is 6.61 Å². The zero-order valence-electron chi connectivity index (χ0n) is 10.6. The smallest absolute Gasteiger partial charge is 0.318 e. The summed E-state index contributed by atoms with van der Waals surface area (Å²) in [6.45, 7) is -0.567. The fourth-order valence-electron chi connectivity index (χ4n) is 1.93. The first kappa shape index (κ1) is 13.8. The summed E-state index contributed by atoms with van der Waals surface area (Å²) in [5, 5.41) is 13.2. The van der Waals surface area contributed by atoms with Gasteiger partial charge >= 0.3 is 6.03 Å². The molecule has 0 fully saturated rings. The predicted octanol–water partition coefficient (Wildman–Crippen LogP) is 0.906. The van der Waals surface area contributed by atoms with E-state index in [4.69, 9.17) is 10.5 Å². The van der Waals surface area contributed by atoms with Gasteiger partial charge < -0.3 is 15.6 Å². The molecular formula is C14H14N2O4. The van der Waals surface area contributed by atoms with Gasteiger partial charge in [-0.3, -0.25) is 10.1 Å². The molecular weight excluding hydrogens is 260 g/mol. The predicted molar refractivity (Wildman–Crippen MR) is 73.1 cm³/mol. The Bertz CT molecular complexity index is 655. The van der Waals surface area contributed by atoms with E-state index in [1.165, 1.54) is 0 Å². The maximum absolute atomic E-state index is 11.3. The van der Waals surface area contributed by atoms with Crippen molar-refractivity contribution in [2.24, 2.45) is 5.73 Å². The zero-order chi connectivity index (χ0) is 14.5. The number of hydrogen-bond donors (Lipinski definition) is 3. The van der Waals surface area contributed by atoms with Crippen LogP contribution in [0.1, 0.15) is 5.56 Å². The van der Waals surface area contributed by atoms with Gasteiger partial charge in [0.25, 0.3) is 5.91 Å². The normalized spacial score (nSPS) is 10.2. The number of benzene rings is 2. The lowest BCUT2D eigenvalue weighted by molar-refractivity contribution is -0.121. The summed E-state index contributed by atoms with van der Waals surface area (Å²) in [5.41, 5.74) is 5.42. The van der Waals surface area contributed by atoms with E-state index in [9.17, 15) is 14.7 Å². The van der Waals surface area contributed by atoms with Crippen molar-refractivity contribution in [3.63, 3.8) is 0 Å². The number of urea groups is 1. The number of primary amides is 1. The summed E-state index contributed by atoms with van der Waals surface area (Å²) in [4.78, 5) is 21.8. The molecule has 0 aliphatic carbocycles. The molecule has 4 N–H and O–H groups in total. The van der Waals surface area contributed by atoms with Crippen LogP contribution in [-0.2, 0) is 11.4 Å². The maximum Gasteiger partial charge on any atom is 0.318 e. The molecule has 0 saturated carbocycles. The molecule has 0 radical (unpaired) electrons. The van der Waals surface area contributed by atoms with Gasteiger partial charge in [-0.25, -0.2) is 4.79 Å². The Morgan fingerprint density at radius 1 is 1.20 bits per heavy atom.